The van der Waals surface area contributed by atoms with Gasteiger partial charge >= 0.3 is 0 Å². The van der Waals surface area contributed by atoms with Crippen molar-refractivity contribution < 1.29 is 9.59 Å². The molecule has 0 spiro atoms. The van der Waals surface area contributed by atoms with Gasteiger partial charge < -0.3 is 10.2 Å². The molecule has 2 unspecified atom stereocenters. The van der Waals surface area contributed by atoms with Crippen molar-refractivity contribution in [3.8, 4) is 0 Å². The molecular weight excluding hydrogens is 290 g/mol. The third-order valence-electron chi connectivity index (χ3n) is 5.07. The molecule has 124 valence electrons. The molecule has 1 fully saturated rings. The van der Waals surface area contributed by atoms with Crippen LogP contribution in [0.25, 0.3) is 0 Å². The molecule has 1 aromatic rings. The van der Waals surface area contributed by atoms with Crippen molar-refractivity contribution in [2.75, 3.05) is 32.0 Å². The van der Waals surface area contributed by atoms with E-state index in [1.807, 2.05) is 30.1 Å². The van der Waals surface area contributed by atoms with E-state index in [0.717, 1.165) is 44.6 Å². The number of benzene rings is 1. The monoisotopic (exact) mass is 315 g/mol. The second-order valence-corrected chi connectivity index (χ2v) is 6.76. The van der Waals surface area contributed by atoms with Crippen molar-refractivity contribution in [2.24, 2.45) is 5.92 Å². The zero-order valence-electron chi connectivity index (χ0n) is 13.9. The van der Waals surface area contributed by atoms with Crippen LogP contribution in [0.5, 0.6) is 0 Å². The molecule has 1 N–H and O–H groups in total. The minimum Gasteiger partial charge on any atom is -0.343 e. The third-order valence-corrected chi connectivity index (χ3v) is 5.07. The highest BCUT2D eigenvalue weighted by molar-refractivity contribution is 5.96. The molecular formula is C18H25N3O2. The van der Waals surface area contributed by atoms with Gasteiger partial charge in [-0.2, -0.15) is 0 Å². The molecule has 5 heteroatoms. The molecule has 2 heterocycles. The number of anilines is 1. The summed E-state index contributed by atoms with van der Waals surface area (Å²) in [5, 5.41) is 3.06. The number of aryl methyl sites for hydroxylation is 1. The summed E-state index contributed by atoms with van der Waals surface area (Å²) < 4.78 is 0. The summed E-state index contributed by atoms with van der Waals surface area (Å²) in [6.07, 6.45) is 2.77. The normalized spacial score (nSPS) is 24.3. The fourth-order valence-corrected chi connectivity index (χ4v) is 3.72. The lowest BCUT2D eigenvalue weighted by Gasteiger charge is -2.28. The van der Waals surface area contributed by atoms with E-state index >= 15 is 0 Å². The first-order valence-corrected chi connectivity index (χ1v) is 8.39. The molecule has 1 saturated heterocycles. The Morgan fingerprint density at radius 3 is 2.87 bits per heavy atom. The van der Waals surface area contributed by atoms with Crippen LogP contribution >= 0.6 is 0 Å². The highest BCUT2D eigenvalue weighted by Crippen LogP contribution is 2.25. The summed E-state index contributed by atoms with van der Waals surface area (Å²) in [5.74, 6) is 0.694. The van der Waals surface area contributed by atoms with E-state index in [9.17, 15) is 9.59 Å². The Balaban J connectivity index is 1.61. The molecule has 0 bridgehead atoms. The number of likely N-dealkylation sites (tertiary alicyclic amines) is 1. The number of carbonyl (C=O) groups is 2. The summed E-state index contributed by atoms with van der Waals surface area (Å²) in [7, 11) is 2.02. The number of rotatable bonds is 3. The first-order chi connectivity index (χ1) is 11.0. The maximum absolute atomic E-state index is 12.5. The smallest absolute Gasteiger partial charge is 0.241 e. The van der Waals surface area contributed by atoms with Crippen LogP contribution in [0.15, 0.2) is 24.3 Å². The molecule has 5 nitrogen and oxygen atoms in total. The van der Waals surface area contributed by atoms with Crippen molar-refractivity contribution >= 4 is 17.5 Å². The quantitative estimate of drug-likeness (QED) is 0.924. The lowest BCUT2D eigenvalue weighted by atomic mass is 10.0. The lowest BCUT2D eigenvalue weighted by Crippen LogP contribution is -2.43. The fourth-order valence-electron chi connectivity index (χ4n) is 3.72. The Bertz CT molecular complexity index is 602. The van der Waals surface area contributed by atoms with Crippen LogP contribution < -0.4 is 5.32 Å². The van der Waals surface area contributed by atoms with Crippen LogP contribution in [0.3, 0.4) is 0 Å². The van der Waals surface area contributed by atoms with Crippen LogP contribution in [0, 0.1) is 5.92 Å². The van der Waals surface area contributed by atoms with E-state index in [2.05, 4.69) is 16.3 Å². The third kappa shape index (κ3) is 3.55. The summed E-state index contributed by atoms with van der Waals surface area (Å²) in [5.41, 5.74) is 2.15. The Morgan fingerprint density at radius 1 is 1.35 bits per heavy atom. The van der Waals surface area contributed by atoms with Crippen molar-refractivity contribution in [1.82, 2.24) is 9.80 Å². The minimum atomic E-state index is -0.103. The van der Waals surface area contributed by atoms with Gasteiger partial charge in [-0.15, -0.1) is 0 Å². The van der Waals surface area contributed by atoms with Gasteiger partial charge in [-0.05, 0) is 43.9 Å². The lowest BCUT2D eigenvalue weighted by molar-refractivity contribution is -0.128. The topological polar surface area (TPSA) is 52.7 Å². The maximum Gasteiger partial charge on any atom is 0.241 e. The SMILES string of the molecule is CC(=O)N1CCC(CN(C)C2CCc3ccccc3NC2=O)C1. The van der Waals surface area contributed by atoms with Crippen molar-refractivity contribution in [2.45, 2.75) is 32.2 Å². The van der Waals surface area contributed by atoms with Gasteiger partial charge in [0.1, 0.15) is 0 Å². The van der Waals surface area contributed by atoms with Crippen molar-refractivity contribution in [3.05, 3.63) is 29.8 Å². The first kappa shape index (κ1) is 16.0. The number of likely N-dealkylation sites (N-methyl/N-ethyl adjacent to an activating group) is 1. The van der Waals surface area contributed by atoms with Crippen LogP contribution in [-0.2, 0) is 16.0 Å². The molecule has 2 aliphatic rings. The van der Waals surface area contributed by atoms with Gasteiger partial charge in [0.15, 0.2) is 0 Å². The standard InChI is InChI=1S/C18H25N3O2/c1-13(22)21-10-9-14(12-21)11-20(2)17-8-7-15-5-3-4-6-16(15)19-18(17)23/h3-6,14,17H,7-12H2,1-2H3,(H,19,23). The number of hydrogen-bond acceptors (Lipinski definition) is 3. The van der Waals surface area contributed by atoms with Crippen molar-refractivity contribution in [1.29, 1.82) is 0 Å². The predicted molar refractivity (Wildman–Crippen MR) is 90.2 cm³/mol. The van der Waals surface area contributed by atoms with Gasteiger partial charge in [0.25, 0.3) is 0 Å². The number of amides is 2. The Kier molecular flexibility index (Phi) is 4.66. The molecule has 0 aliphatic carbocycles. The molecule has 2 amide bonds. The number of nitrogens with zero attached hydrogens (tertiary/aromatic N) is 2. The van der Waals surface area contributed by atoms with Gasteiger partial charge in [-0.25, -0.2) is 0 Å². The second-order valence-electron chi connectivity index (χ2n) is 6.76. The van der Waals surface area contributed by atoms with Gasteiger partial charge in [-0.3, -0.25) is 14.5 Å². The van der Waals surface area contributed by atoms with Crippen LogP contribution in [0.1, 0.15) is 25.3 Å². The van der Waals surface area contributed by atoms with Gasteiger partial charge in [0.2, 0.25) is 11.8 Å². The van der Waals surface area contributed by atoms with Crippen LogP contribution in [0.2, 0.25) is 0 Å². The number of nitrogens with one attached hydrogen (secondary N) is 1. The zero-order chi connectivity index (χ0) is 16.4. The predicted octanol–water partition coefficient (Wildman–Crippen LogP) is 1.74. The van der Waals surface area contributed by atoms with Crippen molar-refractivity contribution in [3.63, 3.8) is 0 Å². The van der Waals surface area contributed by atoms with Crippen LogP contribution in [-0.4, -0.2) is 54.3 Å². The Labute approximate surface area is 137 Å². The van der Waals surface area contributed by atoms with E-state index in [4.69, 9.17) is 0 Å². The number of para-hydroxylation sites is 1. The van der Waals surface area contributed by atoms with E-state index in [0.29, 0.717) is 5.92 Å². The summed E-state index contributed by atoms with van der Waals surface area (Å²) in [6.45, 7) is 4.14. The maximum atomic E-state index is 12.5. The second kappa shape index (κ2) is 6.71. The molecule has 23 heavy (non-hydrogen) atoms. The number of carbonyl (C=O) groups excluding carboxylic acids is 2. The number of hydrogen-bond donors (Lipinski definition) is 1. The van der Waals surface area contributed by atoms with Gasteiger partial charge in [-0.1, -0.05) is 18.2 Å². The highest BCUT2D eigenvalue weighted by atomic mass is 16.2. The van der Waals surface area contributed by atoms with E-state index in [1.165, 1.54) is 5.56 Å². The summed E-state index contributed by atoms with van der Waals surface area (Å²) in [6, 6.07) is 7.92. The van der Waals surface area contributed by atoms with E-state index in [-0.39, 0.29) is 17.9 Å². The average molecular weight is 315 g/mol. The Hall–Kier alpha value is -1.88. The fraction of sp³-hybridized carbons (Fsp3) is 0.556. The molecule has 3 rings (SSSR count). The first-order valence-electron chi connectivity index (χ1n) is 8.39. The summed E-state index contributed by atoms with van der Waals surface area (Å²) in [4.78, 5) is 28.1. The largest absolute Gasteiger partial charge is 0.343 e. The van der Waals surface area contributed by atoms with E-state index < -0.39 is 0 Å². The molecule has 0 saturated carbocycles. The molecule has 2 aliphatic heterocycles. The van der Waals surface area contributed by atoms with E-state index in [1.54, 1.807) is 6.92 Å². The molecule has 0 radical (unpaired) electrons. The average Bonchev–Trinajstić information content (AvgIpc) is 2.90. The molecule has 2 atom stereocenters. The molecule has 0 aromatic heterocycles. The summed E-state index contributed by atoms with van der Waals surface area (Å²) >= 11 is 0. The highest BCUT2D eigenvalue weighted by Gasteiger charge is 2.31. The van der Waals surface area contributed by atoms with Crippen LogP contribution in [0.4, 0.5) is 5.69 Å². The number of fused-ring (bicyclic) bond motifs is 1. The van der Waals surface area contributed by atoms with Gasteiger partial charge in [0.05, 0.1) is 6.04 Å². The minimum absolute atomic E-state index is 0.0823. The molecule has 1 aromatic carbocycles. The zero-order valence-corrected chi connectivity index (χ0v) is 13.9. The van der Waals surface area contributed by atoms with Gasteiger partial charge in [0, 0.05) is 32.2 Å². The Morgan fingerprint density at radius 2 is 2.13 bits per heavy atom.